The van der Waals surface area contributed by atoms with Gasteiger partial charge in [0.05, 0.1) is 5.69 Å². The Balaban J connectivity index is 2.21. The fourth-order valence-corrected chi connectivity index (χ4v) is 3.11. The Hall–Kier alpha value is -1.85. The van der Waals surface area contributed by atoms with Gasteiger partial charge >= 0.3 is 0 Å². The molecule has 1 heterocycles. The van der Waals surface area contributed by atoms with Crippen molar-refractivity contribution in [3.63, 3.8) is 0 Å². The van der Waals surface area contributed by atoms with Crippen molar-refractivity contribution in [1.82, 2.24) is 15.4 Å². The second kappa shape index (κ2) is 6.94. The number of aromatic nitrogens is 1. The molecule has 122 valence electrons. The maximum absolute atomic E-state index is 12.9. The minimum atomic E-state index is -0.804. The molecule has 1 fully saturated rings. The lowest BCUT2D eigenvalue weighted by Crippen LogP contribution is -2.60. The normalized spacial score (nSPS) is 17.0. The lowest BCUT2D eigenvalue weighted by Gasteiger charge is -2.39. The highest BCUT2D eigenvalue weighted by Crippen LogP contribution is 2.30. The van der Waals surface area contributed by atoms with Crippen molar-refractivity contribution in [3.8, 4) is 0 Å². The van der Waals surface area contributed by atoms with E-state index in [0.717, 1.165) is 19.3 Å². The van der Waals surface area contributed by atoms with E-state index in [9.17, 15) is 9.59 Å². The van der Waals surface area contributed by atoms with Crippen LogP contribution < -0.4 is 5.32 Å². The lowest BCUT2D eigenvalue weighted by atomic mass is 9.80. The molecule has 1 saturated carbocycles. The zero-order valence-electron chi connectivity index (χ0n) is 13.6. The average Bonchev–Trinajstić information content (AvgIpc) is 2.96. The third kappa shape index (κ3) is 3.31. The molecule has 22 heavy (non-hydrogen) atoms. The Morgan fingerprint density at radius 1 is 1.27 bits per heavy atom. The van der Waals surface area contributed by atoms with E-state index in [-0.39, 0.29) is 17.6 Å². The van der Waals surface area contributed by atoms with Gasteiger partial charge in [-0.2, -0.15) is 0 Å². The van der Waals surface area contributed by atoms with Crippen LogP contribution in [-0.4, -0.2) is 40.5 Å². The first-order valence-corrected chi connectivity index (χ1v) is 8.07. The molecule has 0 atom stereocenters. The predicted molar refractivity (Wildman–Crippen MR) is 82.5 cm³/mol. The standard InChI is InChI=1S/C16H25N3O3/c1-4-19(5-2)15(21)16(9-7-6-8-10-16)17-14(20)13-11-12(3)18-22-13/h11H,4-10H2,1-3H3,(H,17,20). The molecule has 0 aromatic carbocycles. The number of hydrogen-bond donors (Lipinski definition) is 1. The highest BCUT2D eigenvalue weighted by atomic mass is 16.5. The van der Waals surface area contributed by atoms with Gasteiger partial charge in [0.1, 0.15) is 5.54 Å². The number of hydrogen-bond acceptors (Lipinski definition) is 4. The number of rotatable bonds is 5. The van der Waals surface area contributed by atoms with Gasteiger partial charge in [0.25, 0.3) is 5.91 Å². The van der Waals surface area contributed by atoms with Crippen molar-refractivity contribution in [1.29, 1.82) is 0 Å². The van der Waals surface area contributed by atoms with Crippen LogP contribution in [-0.2, 0) is 4.79 Å². The first kappa shape index (κ1) is 16.5. The van der Waals surface area contributed by atoms with E-state index in [1.54, 1.807) is 17.9 Å². The van der Waals surface area contributed by atoms with Crippen LogP contribution in [0.25, 0.3) is 0 Å². The molecule has 0 radical (unpaired) electrons. The third-order valence-corrected chi connectivity index (χ3v) is 4.37. The van der Waals surface area contributed by atoms with Crippen LogP contribution in [0.2, 0.25) is 0 Å². The fourth-order valence-electron chi connectivity index (χ4n) is 3.11. The highest BCUT2D eigenvalue weighted by Gasteiger charge is 2.43. The Morgan fingerprint density at radius 2 is 1.91 bits per heavy atom. The fraction of sp³-hybridized carbons (Fsp3) is 0.688. The van der Waals surface area contributed by atoms with Crippen LogP contribution in [0.5, 0.6) is 0 Å². The Labute approximate surface area is 131 Å². The summed E-state index contributed by atoms with van der Waals surface area (Å²) in [7, 11) is 0. The van der Waals surface area contributed by atoms with Gasteiger partial charge in [-0.3, -0.25) is 9.59 Å². The van der Waals surface area contributed by atoms with Crippen molar-refractivity contribution < 1.29 is 14.1 Å². The minimum Gasteiger partial charge on any atom is -0.351 e. The van der Waals surface area contributed by atoms with Crippen LogP contribution in [0.3, 0.4) is 0 Å². The maximum Gasteiger partial charge on any atom is 0.290 e. The van der Waals surface area contributed by atoms with E-state index in [0.29, 0.717) is 31.6 Å². The molecule has 0 saturated heterocycles. The number of carbonyl (C=O) groups excluding carboxylic acids is 2. The predicted octanol–water partition coefficient (Wildman–Crippen LogP) is 2.28. The summed E-state index contributed by atoms with van der Waals surface area (Å²) in [6, 6.07) is 1.59. The summed E-state index contributed by atoms with van der Waals surface area (Å²) in [5.74, 6) is -0.181. The van der Waals surface area contributed by atoms with Gasteiger partial charge in [0.15, 0.2) is 0 Å². The molecular formula is C16H25N3O3. The van der Waals surface area contributed by atoms with Crippen molar-refractivity contribution in [2.24, 2.45) is 0 Å². The van der Waals surface area contributed by atoms with E-state index in [1.165, 1.54) is 0 Å². The van der Waals surface area contributed by atoms with Gasteiger partial charge < -0.3 is 14.7 Å². The molecule has 1 aromatic rings. The van der Waals surface area contributed by atoms with Crippen LogP contribution in [0.4, 0.5) is 0 Å². The van der Waals surface area contributed by atoms with E-state index in [4.69, 9.17) is 4.52 Å². The lowest BCUT2D eigenvalue weighted by molar-refractivity contribution is -0.139. The molecule has 6 nitrogen and oxygen atoms in total. The molecule has 1 aliphatic rings. The number of likely N-dealkylation sites (N-methyl/N-ethyl adjacent to an activating group) is 1. The molecule has 6 heteroatoms. The summed E-state index contributed by atoms with van der Waals surface area (Å²) < 4.78 is 5.02. The largest absolute Gasteiger partial charge is 0.351 e. The van der Waals surface area contributed by atoms with Crippen molar-refractivity contribution >= 4 is 11.8 Å². The topological polar surface area (TPSA) is 75.4 Å². The third-order valence-electron chi connectivity index (χ3n) is 4.37. The summed E-state index contributed by atoms with van der Waals surface area (Å²) >= 11 is 0. The number of nitrogens with zero attached hydrogens (tertiary/aromatic N) is 2. The summed E-state index contributed by atoms with van der Waals surface area (Å²) in [5.41, 5.74) is -0.153. The van der Waals surface area contributed by atoms with Gasteiger partial charge in [-0.1, -0.05) is 24.4 Å². The summed E-state index contributed by atoms with van der Waals surface area (Å²) in [6.07, 6.45) is 4.36. The van der Waals surface area contributed by atoms with E-state index >= 15 is 0 Å². The highest BCUT2D eigenvalue weighted by molar-refractivity contribution is 5.97. The number of nitrogens with one attached hydrogen (secondary N) is 1. The van der Waals surface area contributed by atoms with E-state index in [1.807, 2.05) is 13.8 Å². The molecule has 0 spiro atoms. The molecule has 1 aromatic heterocycles. The number of carbonyl (C=O) groups is 2. The quantitative estimate of drug-likeness (QED) is 0.905. The molecule has 0 aliphatic heterocycles. The minimum absolute atomic E-state index is 0.0155. The zero-order valence-corrected chi connectivity index (χ0v) is 13.6. The maximum atomic E-state index is 12.9. The van der Waals surface area contributed by atoms with Crippen LogP contribution in [0.1, 0.15) is 62.2 Å². The number of aryl methyl sites for hydroxylation is 1. The molecule has 1 aliphatic carbocycles. The van der Waals surface area contributed by atoms with Crippen molar-refractivity contribution in [3.05, 3.63) is 17.5 Å². The smallest absolute Gasteiger partial charge is 0.290 e. The second-order valence-corrected chi connectivity index (χ2v) is 5.91. The molecular weight excluding hydrogens is 282 g/mol. The summed E-state index contributed by atoms with van der Waals surface area (Å²) in [5, 5.41) is 6.68. The molecule has 2 rings (SSSR count). The first-order chi connectivity index (χ1) is 10.5. The van der Waals surface area contributed by atoms with Gasteiger partial charge in [-0.05, 0) is 33.6 Å². The van der Waals surface area contributed by atoms with Crippen LogP contribution >= 0.6 is 0 Å². The number of amides is 2. The first-order valence-electron chi connectivity index (χ1n) is 8.07. The van der Waals surface area contributed by atoms with Crippen LogP contribution in [0, 0.1) is 6.92 Å². The summed E-state index contributed by atoms with van der Waals surface area (Å²) in [4.78, 5) is 27.1. The second-order valence-electron chi connectivity index (χ2n) is 5.91. The molecule has 0 bridgehead atoms. The monoisotopic (exact) mass is 307 g/mol. The van der Waals surface area contributed by atoms with Crippen molar-refractivity contribution in [2.75, 3.05) is 13.1 Å². The van der Waals surface area contributed by atoms with Gasteiger partial charge in [-0.15, -0.1) is 0 Å². The molecule has 2 amide bonds. The van der Waals surface area contributed by atoms with Gasteiger partial charge in [0.2, 0.25) is 11.7 Å². The van der Waals surface area contributed by atoms with Gasteiger partial charge in [-0.25, -0.2) is 0 Å². The Kier molecular flexibility index (Phi) is 5.21. The summed E-state index contributed by atoms with van der Waals surface area (Å²) in [6.45, 7) is 6.97. The zero-order chi connectivity index (χ0) is 16.2. The van der Waals surface area contributed by atoms with Crippen molar-refractivity contribution in [2.45, 2.75) is 58.4 Å². The van der Waals surface area contributed by atoms with E-state index in [2.05, 4.69) is 10.5 Å². The SMILES string of the molecule is CCN(CC)C(=O)C1(NC(=O)c2cc(C)no2)CCCCC1. The van der Waals surface area contributed by atoms with Crippen LogP contribution in [0.15, 0.2) is 10.6 Å². The molecule has 0 unspecified atom stereocenters. The van der Waals surface area contributed by atoms with Gasteiger partial charge in [0, 0.05) is 19.2 Å². The van der Waals surface area contributed by atoms with E-state index < -0.39 is 5.54 Å². The Morgan fingerprint density at radius 3 is 2.41 bits per heavy atom. The average molecular weight is 307 g/mol. The molecule has 1 N–H and O–H groups in total. The Bertz CT molecular complexity index is 528.